The van der Waals surface area contributed by atoms with E-state index in [-0.39, 0.29) is 11.5 Å². The summed E-state index contributed by atoms with van der Waals surface area (Å²) in [7, 11) is 0. The molecule has 3 nitrogen and oxygen atoms in total. The van der Waals surface area contributed by atoms with Gasteiger partial charge in [0.2, 0.25) is 0 Å². The van der Waals surface area contributed by atoms with Gasteiger partial charge in [-0.1, -0.05) is 36.8 Å². The third-order valence-corrected chi connectivity index (χ3v) is 7.06. The predicted molar refractivity (Wildman–Crippen MR) is 96.5 cm³/mol. The van der Waals surface area contributed by atoms with Gasteiger partial charge in [-0.15, -0.1) is 0 Å². The highest BCUT2D eigenvalue weighted by Crippen LogP contribution is 2.60. The van der Waals surface area contributed by atoms with Crippen LogP contribution in [0, 0.1) is 11.3 Å². The lowest BCUT2D eigenvalue weighted by molar-refractivity contribution is -0.143. The summed E-state index contributed by atoms with van der Waals surface area (Å²) in [6.45, 7) is 8.02. The van der Waals surface area contributed by atoms with E-state index in [2.05, 4.69) is 25.7 Å². The summed E-state index contributed by atoms with van der Waals surface area (Å²) in [5.74, 6) is 0.337. The Morgan fingerprint density at radius 1 is 1.21 bits per heavy atom. The molecular formula is C21H32O3. The minimum atomic E-state index is -0.977. The Morgan fingerprint density at radius 3 is 2.67 bits per heavy atom. The van der Waals surface area contributed by atoms with Crippen molar-refractivity contribution < 1.29 is 15.3 Å². The summed E-state index contributed by atoms with van der Waals surface area (Å²) < 4.78 is 0. The van der Waals surface area contributed by atoms with E-state index in [4.69, 9.17) is 0 Å². The number of allylic oxidation sites excluding steroid dienone is 4. The average molecular weight is 332 g/mol. The number of aliphatic hydroxyl groups is 3. The molecule has 3 N–H and O–H groups in total. The van der Waals surface area contributed by atoms with Gasteiger partial charge < -0.3 is 15.3 Å². The van der Waals surface area contributed by atoms with Gasteiger partial charge in [-0.3, -0.25) is 0 Å². The molecule has 0 amide bonds. The zero-order valence-corrected chi connectivity index (χ0v) is 15.1. The lowest BCUT2D eigenvalue weighted by atomic mass is 9.60. The lowest BCUT2D eigenvalue weighted by Gasteiger charge is -2.48. The summed E-state index contributed by atoms with van der Waals surface area (Å²) in [5.41, 5.74) is 2.47. The normalized spacial score (nSPS) is 44.8. The molecule has 3 fully saturated rings. The number of aliphatic hydroxyl groups excluding tert-OH is 2. The van der Waals surface area contributed by atoms with E-state index >= 15 is 0 Å². The van der Waals surface area contributed by atoms with Crippen LogP contribution in [0.4, 0.5) is 0 Å². The Balaban J connectivity index is 1.86. The molecule has 0 bridgehead atoms. The molecule has 0 heterocycles. The third-order valence-electron chi connectivity index (χ3n) is 7.06. The zero-order chi connectivity index (χ0) is 17.5. The van der Waals surface area contributed by atoms with Crippen LogP contribution >= 0.6 is 0 Å². The third kappa shape index (κ3) is 2.81. The topological polar surface area (TPSA) is 60.7 Å². The highest BCUT2D eigenvalue weighted by molar-refractivity contribution is 5.36. The van der Waals surface area contributed by atoms with Crippen LogP contribution in [0.25, 0.3) is 0 Å². The second-order valence-corrected chi connectivity index (χ2v) is 8.40. The molecule has 0 aromatic heterocycles. The van der Waals surface area contributed by atoms with Gasteiger partial charge >= 0.3 is 0 Å². The Kier molecular flexibility index (Phi) is 4.80. The first-order valence-electron chi connectivity index (χ1n) is 9.44. The predicted octanol–water partition coefficient (Wildman–Crippen LogP) is 3.65. The summed E-state index contributed by atoms with van der Waals surface area (Å²) >= 11 is 0. The molecule has 5 atom stereocenters. The Bertz CT molecular complexity index is 574. The fourth-order valence-electron chi connectivity index (χ4n) is 5.37. The fraction of sp³-hybridized carbons (Fsp3) is 0.714. The monoisotopic (exact) mass is 332 g/mol. The van der Waals surface area contributed by atoms with E-state index in [9.17, 15) is 15.3 Å². The first-order chi connectivity index (χ1) is 11.3. The van der Waals surface area contributed by atoms with Crippen molar-refractivity contribution >= 4 is 0 Å². The molecule has 0 saturated heterocycles. The van der Waals surface area contributed by atoms with Gasteiger partial charge in [-0.05, 0) is 69.8 Å². The SMILES string of the molecule is C=C1CC[C@@H](O)CC1=CC=C1CCC[C@@]2(C)[C@H]1CC[C@]2(O)[C@@H](C)O. The number of fused-ring (bicyclic) bond motifs is 1. The van der Waals surface area contributed by atoms with Crippen LogP contribution in [0.2, 0.25) is 0 Å². The molecule has 24 heavy (non-hydrogen) atoms. The minimum absolute atomic E-state index is 0.243. The largest absolute Gasteiger partial charge is 0.393 e. The number of rotatable bonds is 2. The quantitative estimate of drug-likeness (QED) is 0.723. The van der Waals surface area contributed by atoms with E-state index in [1.807, 2.05) is 0 Å². The molecule has 0 radical (unpaired) electrons. The maximum Gasteiger partial charge on any atom is 0.0961 e. The molecule has 3 aliphatic rings. The van der Waals surface area contributed by atoms with E-state index in [0.717, 1.165) is 49.7 Å². The van der Waals surface area contributed by atoms with Gasteiger partial charge in [-0.25, -0.2) is 0 Å². The van der Waals surface area contributed by atoms with Crippen molar-refractivity contribution in [3.05, 3.63) is 35.5 Å². The summed E-state index contributed by atoms with van der Waals surface area (Å²) in [5, 5.41) is 31.2. The smallest absolute Gasteiger partial charge is 0.0961 e. The van der Waals surface area contributed by atoms with E-state index in [1.165, 1.54) is 5.57 Å². The summed E-state index contributed by atoms with van der Waals surface area (Å²) in [4.78, 5) is 0. The molecule has 134 valence electrons. The minimum Gasteiger partial charge on any atom is -0.393 e. The lowest BCUT2D eigenvalue weighted by Crippen LogP contribution is -2.53. The second kappa shape index (κ2) is 6.44. The Morgan fingerprint density at radius 2 is 1.96 bits per heavy atom. The molecule has 3 aliphatic carbocycles. The first kappa shape index (κ1) is 17.9. The molecule has 3 heteroatoms. The standard InChI is InChI=1S/C21H32O3/c1-14-6-9-18(23)13-17(14)8-7-16-5-4-11-20(3)19(16)10-12-21(20,24)15(2)22/h7-8,15,18-19,22-24H,1,4-6,9-13H2,2-3H3/t15-,18-,19+,20+,21+/m1/s1. The number of hydrogen-bond donors (Lipinski definition) is 3. The Labute approximate surface area is 145 Å². The van der Waals surface area contributed by atoms with Crippen molar-refractivity contribution in [2.45, 2.75) is 83.0 Å². The maximum absolute atomic E-state index is 11.1. The fourth-order valence-corrected chi connectivity index (χ4v) is 5.37. The van der Waals surface area contributed by atoms with Crippen LogP contribution in [0.5, 0.6) is 0 Å². The van der Waals surface area contributed by atoms with Crippen molar-refractivity contribution in [3.63, 3.8) is 0 Å². The van der Waals surface area contributed by atoms with Crippen LogP contribution in [-0.4, -0.2) is 33.1 Å². The van der Waals surface area contributed by atoms with Crippen molar-refractivity contribution in [3.8, 4) is 0 Å². The average Bonchev–Trinajstić information content (AvgIpc) is 2.82. The van der Waals surface area contributed by atoms with Gasteiger partial charge in [0, 0.05) is 5.41 Å². The van der Waals surface area contributed by atoms with E-state index < -0.39 is 11.7 Å². The van der Waals surface area contributed by atoms with Crippen molar-refractivity contribution in [2.24, 2.45) is 11.3 Å². The highest BCUT2D eigenvalue weighted by atomic mass is 16.3. The summed E-state index contributed by atoms with van der Waals surface area (Å²) in [6.07, 6.45) is 10.5. The summed E-state index contributed by atoms with van der Waals surface area (Å²) in [6, 6.07) is 0. The van der Waals surface area contributed by atoms with Crippen LogP contribution in [-0.2, 0) is 0 Å². The van der Waals surface area contributed by atoms with Gasteiger partial charge in [-0.2, -0.15) is 0 Å². The van der Waals surface area contributed by atoms with Gasteiger partial charge in [0.1, 0.15) is 0 Å². The van der Waals surface area contributed by atoms with Crippen LogP contribution in [0.15, 0.2) is 35.5 Å². The zero-order valence-electron chi connectivity index (χ0n) is 15.1. The van der Waals surface area contributed by atoms with Gasteiger partial charge in [0.15, 0.2) is 0 Å². The molecule has 0 spiro atoms. The van der Waals surface area contributed by atoms with E-state index in [0.29, 0.717) is 18.8 Å². The molecule has 0 aromatic rings. The van der Waals surface area contributed by atoms with Crippen LogP contribution in [0.1, 0.15) is 65.2 Å². The molecule has 0 aromatic carbocycles. The highest BCUT2D eigenvalue weighted by Gasteiger charge is 2.60. The molecular weight excluding hydrogens is 300 g/mol. The van der Waals surface area contributed by atoms with Gasteiger partial charge in [0.25, 0.3) is 0 Å². The van der Waals surface area contributed by atoms with Crippen molar-refractivity contribution in [2.75, 3.05) is 0 Å². The van der Waals surface area contributed by atoms with Crippen molar-refractivity contribution in [1.29, 1.82) is 0 Å². The van der Waals surface area contributed by atoms with Crippen LogP contribution in [0.3, 0.4) is 0 Å². The van der Waals surface area contributed by atoms with Crippen molar-refractivity contribution in [1.82, 2.24) is 0 Å². The molecule has 0 unspecified atom stereocenters. The Hall–Kier alpha value is -0.900. The number of hydrogen-bond acceptors (Lipinski definition) is 3. The molecule has 0 aliphatic heterocycles. The molecule has 3 saturated carbocycles. The molecule has 3 rings (SSSR count). The maximum atomic E-state index is 11.1. The second-order valence-electron chi connectivity index (χ2n) is 8.40. The van der Waals surface area contributed by atoms with Gasteiger partial charge in [0.05, 0.1) is 17.8 Å². The first-order valence-corrected chi connectivity index (χ1v) is 9.44. The van der Waals surface area contributed by atoms with Crippen LogP contribution < -0.4 is 0 Å². The van der Waals surface area contributed by atoms with E-state index in [1.54, 1.807) is 6.92 Å².